The van der Waals surface area contributed by atoms with E-state index in [1.165, 1.54) is 10.5 Å². The molecule has 0 spiro atoms. The number of carbonyl (C=O) groups excluding carboxylic acids is 1. The molecule has 0 unspecified atom stereocenters. The van der Waals surface area contributed by atoms with Gasteiger partial charge in [-0.05, 0) is 59.1 Å². The van der Waals surface area contributed by atoms with E-state index >= 15 is 0 Å². The zero-order chi connectivity index (χ0) is 21.2. The highest BCUT2D eigenvalue weighted by Gasteiger charge is 2.27. The number of rotatable bonds is 5. The van der Waals surface area contributed by atoms with Crippen LogP contribution in [0.25, 0.3) is 6.08 Å². The lowest BCUT2D eigenvalue weighted by Crippen LogP contribution is -2.25. The maximum atomic E-state index is 12.2. The minimum Gasteiger partial charge on any atom is -0.496 e. The van der Waals surface area contributed by atoms with Crippen LogP contribution < -0.4 is 14.8 Å². The summed E-state index contributed by atoms with van der Waals surface area (Å²) in [5.74, 6) is 1.38. The van der Waals surface area contributed by atoms with Gasteiger partial charge in [0.25, 0.3) is 5.91 Å². The van der Waals surface area contributed by atoms with Crippen molar-refractivity contribution in [1.29, 1.82) is 0 Å². The van der Waals surface area contributed by atoms with Crippen molar-refractivity contribution in [2.75, 3.05) is 14.2 Å². The van der Waals surface area contributed by atoms with Gasteiger partial charge in [-0.3, -0.25) is 9.69 Å². The summed E-state index contributed by atoms with van der Waals surface area (Å²) in [6.45, 7) is 6.90. The van der Waals surface area contributed by atoms with Crippen LogP contribution in [0.5, 0.6) is 11.5 Å². The van der Waals surface area contributed by atoms with E-state index in [1.54, 1.807) is 20.2 Å². The van der Waals surface area contributed by atoms with Crippen molar-refractivity contribution >= 4 is 29.3 Å². The van der Waals surface area contributed by atoms with Crippen LogP contribution >= 0.6 is 12.2 Å². The van der Waals surface area contributed by atoms with E-state index in [0.717, 1.165) is 22.6 Å². The Morgan fingerprint density at radius 1 is 1.14 bits per heavy atom. The molecule has 1 fully saturated rings. The first-order valence-electron chi connectivity index (χ1n) is 9.40. The summed E-state index contributed by atoms with van der Waals surface area (Å²) >= 11 is 5.12. The minimum atomic E-state index is -0.150. The van der Waals surface area contributed by atoms with Crippen molar-refractivity contribution in [2.24, 2.45) is 0 Å². The Hall–Kier alpha value is -2.86. The van der Waals surface area contributed by atoms with Gasteiger partial charge in [0.1, 0.15) is 23.8 Å². The van der Waals surface area contributed by atoms with Crippen LogP contribution in [0.1, 0.15) is 37.5 Å². The third-order valence-corrected chi connectivity index (χ3v) is 5.19. The number of methoxy groups -OCH3 is 1. The van der Waals surface area contributed by atoms with Crippen molar-refractivity contribution in [2.45, 2.75) is 32.8 Å². The normalized spacial score (nSPS) is 15.6. The molecule has 0 aromatic heterocycles. The molecule has 1 amide bonds. The van der Waals surface area contributed by atoms with Crippen molar-refractivity contribution < 1.29 is 14.3 Å². The molecule has 0 aliphatic carbocycles. The maximum Gasteiger partial charge on any atom is 0.276 e. The number of nitrogens with zero attached hydrogens (tertiary/aromatic N) is 1. The smallest absolute Gasteiger partial charge is 0.276 e. The van der Waals surface area contributed by atoms with Crippen LogP contribution in [-0.2, 0) is 16.8 Å². The Balaban J connectivity index is 1.78. The fourth-order valence-electron chi connectivity index (χ4n) is 3.00. The summed E-state index contributed by atoms with van der Waals surface area (Å²) in [7, 11) is 3.28. The number of carbonyl (C=O) groups is 1. The molecule has 29 heavy (non-hydrogen) atoms. The SMILES string of the molecule is COc1ccc(/C=C2/NC(=S)N(C)C2=O)cc1COc1ccc(C(C)(C)C)cc1. The molecular formula is C23H26N2O3S. The number of hydrogen-bond acceptors (Lipinski definition) is 4. The molecule has 0 atom stereocenters. The number of ether oxygens (including phenoxy) is 2. The molecule has 0 radical (unpaired) electrons. The van der Waals surface area contributed by atoms with Gasteiger partial charge in [-0.25, -0.2) is 0 Å². The minimum absolute atomic E-state index is 0.103. The van der Waals surface area contributed by atoms with E-state index < -0.39 is 0 Å². The van der Waals surface area contributed by atoms with Gasteiger partial charge in [0.2, 0.25) is 0 Å². The first-order chi connectivity index (χ1) is 13.7. The van der Waals surface area contributed by atoms with Crippen molar-refractivity contribution in [3.8, 4) is 11.5 Å². The van der Waals surface area contributed by atoms with E-state index in [-0.39, 0.29) is 11.3 Å². The van der Waals surface area contributed by atoms with Gasteiger partial charge in [-0.2, -0.15) is 0 Å². The van der Waals surface area contributed by atoms with Gasteiger partial charge in [-0.15, -0.1) is 0 Å². The predicted octanol–water partition coefficient (Wildman–Crippen LogP) is 4.26. The molecular weight excluding hydrogens is 384 g/mol. The monoisotopic (exact) mass is 410 g/mol. The van der Waals surface area contributed by atoms with E-state index in [2.05, 4.69) is 38.2 Å². The van der Waals surface area contributed by atoms with Gasteiger partial charge in [0.15, 0.2) is 5.11 Å². The average molecular weight is 411 g/mol. The number of likely N-dealkylation sites (N-methyl/N-ethyl adjacent to an activating group) is 1. The summed E-state index contributed by atoms with van der Waals surface area (Å²) in [4.78, 5) is 13.6. The van der Waals surface area contributed by atoms with Gasteiger partial charge in [0.05, 0.1) is 7.11 Å². The Labute approximate surface area is 177 Å². The largest absolute Gasteiger partial charge is 0.496 e. The molecule has 3 rings (SSSR count). The van der Waals surface area contributed by atoms with Crippen molar-refractivity contribution in [3.05, 3.63) is 64.9 Å². The highest BCUT2D eigenvalue weighted by Crippen LogP contribution is 2.26. The average Bonchev–Trinajstić information content (AvgIpc) is 2.93. The number of benzene rings is 2. The first kappa shape index (κ1) is 20.9. The van der Waals surface area contributed by atoms with E-state index in [1.807, 2.05) is 30.3 Å². The number of hydrogen-bond donors (Lipinski definition) is 1. The van der Waals surface area contributed by atoms with Crippen molar-refractivity contribution in [1.82, 2.24) is 10.2 Å². The summed E-state index contributed by atoms with van der Waals surface area (Å²) in [6.07, 6.45) is 1.78. The third-order valence-electron chi connectivity index (χ3n) is 4.81. The van der Waals surface area contributed by atoms with Crippen LogP contribution in [-0.4, -0.2) is 30.1 Å². The van der Waals surface area contributed by atoms with E-state index in [9.17, 15) is 4.79 Å². The molecule has 1 saturated heterocycles. The third kappa shape index (κ3) is 4.77. The molecule has 1 N–H and O–H groups in total. The molecule has 1 heterocycles. The topological polar surface area (TPSA) is 50.8 Å². The van der Waals surface area contributed by atoms with E-state index in [4.69, 9.17) is 21.7 Å². The van der Waals surface area contributed by atoms with Crippen LogP contribution in [0.4, 0.5) is 0 Å². The fraction of sp³-hybridized carbons (Fsp3) is 0.304. The zero-order valence-corrected chi connectivity index (χ0v) is 18.2. The Bertz CT molecular complexity index is 959. The van der Waals surface area contributed by atoms with Crippen molar-refractivity contribution in [3.63, 3.8) is 0 Å². The lowest BCUT2D eigenvalue weighted by molar-refractivity contribution is -0.121. The molecule has 0 saturated carbocycles. The van der Waals surface area contributed by atoms with Gasteiger partial charge >= 0.3 is 0 Å². The molecule has 1 aliphatic rings. The van der Waals surface area contributed by atoms with Gasteiger partial charge in [0, 0.05) is 12.6 Å². The standard InChI is InChI=1S/C23H26N2O3S/c1-23(2,3)17-7-9-18(10-8-17)28-14-16-12-15(6-11-20(16)27-5)13-19-21(26)25(4)22(29)24-19/h6-13H,14H2,1-5H3,(H,24,29)/b19-13+. The first-order valence-corrected chi connectivity index (χ1v) is 9.81. The fourth-order valence-corrected chi connectivity index (χ4v) is 3.20. The second-order valence-electron chi connectivity index (χ2n) is 7.99. The highest BCUT2D eigenvalue weighted by atomic mass is 32.1. The Morgan fingerprint density at radius 3 is 2.38 bits per heavy atom. The number of nitrogens with one attached hydrogen (secondary N) is 1. The molecule has 6 heteroatoms. The molecule has 1 aliphatic heterocycles. The Kier molecular flexibility index (Phi) is 5.94. The summed E-state index contributed by atoms with van der Waals surface area (Å²) in [5, 5.41) is 3.33. The summed E-state index contributed by atoms with van der Waals surface area (Å²) < 4.78 is 11.4. The molecule has 0 bridgehead atoms. The maximum absolute atomic E-state index is 12.2. The lowest BCUT2D eigenvalue weighted by Gasteiger charge is -2.19. The Morgan fingerprint density at radius 2 is 1.83 bits per heavy atom. The van der Waals surface area contributed by atoms with Crippen LogP contribution in [0, 0.1) is 0 Å². The van der Waals surface area contributed by atoms with Gasteiger partial charge in [-0.1, -0.05) is 39.0 Å². The second-order valence-corrected chi connectivity index (χ2v) is 8.37. The predicted molar refractivity (Wildman–Crippen MR) is 119 cm³/mol. The van der Waals surface area contributed by atoms with Crippen LogP contribution in [0.3, 0.4) is 0 Å². The number of amides is 1. The molecule has 152 valence electrons. The van der Waals surface area contributed by atoms with Crippen LogP contribution in [0.2, 0.25) is 0 Å². The van der Waals surface area contributed by atoms with E-state index in [0.29, 0.717) is 17.4 Å². The lowest BCUT2D eigenvalue weighted by atomic mass is 9.87. The zero-order valence-electron chi connectivity index (χ0n) is 17.4. The molecule has 2 aromatic carbocycles. The van der Waals surface area contributed by atoms with Crippen LogP contribution in [0.15, 0.2) is 48.2 Å². The second kappa shape index (κ2) is 8.25. The quantitative estimate of drug-likeness (QED) is 0.590. The molecule has 2 aromatic rings. The number of thiocarbonyl (C=S) groups is 1. The summed E-state index contributed by atoms with van der Waals surface area (Å²) in [6, 6.07) is 13.9. The summed E-state index contributed by atoms with van der Waals surface area (Å²) in [5.41, 5.74) is 3.57. The van der Waals surface area contributed by atoms with Gasteiger partial charge < -0.3 is 14.8 Å². The highest BCUT2D eigenvalue weighted by molar-refractivity contribution is 7.80. The molecule has 5 nitrogen and oxygen atoms in total.